The molecule has 1 aromatic carbocycles. The van der Waals surface area contributed by atoms with Crippen LogP contribution in [0, 0.1) is 0 Å². The van der Waals surface area contributed by atoms with E-state index in [0.29, 0.717) is 20.9 Å². The molecule has 1 atom stereocenters. The summed E-state index contributed by atoms with van der Waals surface area (Å²) in [6, 6.07) is 5.07. The highest BCUT2D eigenvalue weighted by atomic mass is 35.5. The zero-order valence-corrected chi connectivity index (χ0v) is 13.8. The van der Waals surface area contributed by atoms with E-state index >= 15 is 0 Å². The standard InChI is InChI=1S/C13H14Cl2N4OS/c1-3-19-7-16-18-13(19)21-8(2)12(20)17-11-9(14)5-4-6-10(11)15/h4-8H,3H2,1-2H3,(H,17,20)/t8-/m0/s1. The van der Waals surface area contributed by atoms with Gasteiger partial charge in [-0.05, 0) is 26.0 Å². The van der Waals surface area contributed by atoms with E-state index in [2.05, 4.69) is 15.5 Å². The molecule has 0 bridgehead atoms. The van der Waals surface area contributed by atoms with Gasteiger partial charge in [-0.1, -0.05) is 41.0 Å². The van der Waals surface area contributed by atoms with Gasteiger partial charge in [0.15, 0.2) is 5.16 Å². The Labute approximate surface area is 137 Å². The van der Waals surface area contributed by atoms with Crippen LogP contribution in [-0.4, -0.2) is 25.9 Å². The molecule has 0 aliphatic rings. The van der Waals surface area contributed by atoms with E-state index in [1.54, 1.807) is 31.5 Å². The van der Waals surface area contributed by atoms with Gasteiger partial charge in [-0.15, -0.1) is 10.2 Å². The highest BCUT2D eigenvalue weighted by Gasteiger charge is 2.19. The van der Waals surface area contributed by atoms with Crippen LogP contribution in [0.5, 0.6) is 0 Å². The van der Waals surface area contributed by atoms with Crippen LogP contribution in [0.15, 0.2) is 29.7 Å². The highest BCUT2D eigenvalue weighted by Crippen LogP contribution is 2.31. The maximum absolute atomic E-state index is 12.2. The fourth-order valence-corrected chi connectivity index (χ4v) is 2.99. The number of anilines is 1. The van der Waals surface area contributed by atoms with Crippen LogP contribution in [0.25, 0.3) is 0 Å². The van der Waals surface area contributed by atoms with Gasteiger partial charge in [0.1, 0.15) is 6.33 Å². The Bertz CT molecular complexity index is 627. The Morgan fingerprint density at radius 2 is 2.10 bits per heavy atom. The summed E-state index contributed by atoms with van der Waals surface area (Å²) in [6.45, 7) is 4.53. The summed E-state index contributed by atoms with van der Waals surface area (Å²) in [6.07, 6.45) is 1.64. The SMILES string of the molecule is CCn1cnnc1S[C@@H](C)C(=O)Nc1c(Cl)cccc1Cl. The molecule has 1 aromatic heterocycles. The number of halogens is 2. The van der Waals surface area contributed by atoms with Crippen LogP contribution >= 0.6 is 35.0 Å². The van der Waals surface area contributed by atoms with Gasteiger partial charge in [-0.25, -0.2) is 0 Å². The Hall–Kier alpha value is -1.24. The third-order valence-corrected chi connectivity index (χ3v) is 4.51. The number of aryl methyl sites for hydroxylation is 1. The number of rotatable bonds is 5. The maximum Gasteiger partial charge on any atom is 0.237 e. The van der Waals surface area contributed by atoms with E-state index in [1.165, 1.54) is 11.8 Å². The largest absolute Gasteiger partial charge is 0.323 e. The molecule has 2 aromatic rings. The van der Waals surface area contributed by atoms with Crippen molar-refractivity contribution in [3.05, 3.63) is 34.6 Å². The topological polar surface area (TPSA) is 59.8 Å². The molecule has 1 N–H and O–H groups in total. The van der Waals surface area contributed by atoms with E-state index in [0.717, 1.165) is 6.54 Å². The molecule has 1 amide bonds. The molecule has 0 aliphatic carbocycles. The lowest BCUT2D eigenvalue weighted by molar-refractivity contribution is -0.115. The third-order valence-electron chi connectivity index (χ3n) is 2.78. The molecule has 21 heavy (non-hydrogen) atoms. The average Bonchev–Trinajstić information content (AvgIpc) is 2.90. The van der Waals surface area contributed by atoms with E-state index in [4.69, 9.17) is 23.2 Å². The van der Waals surface area contributed by atoms with Crippen molar-refractivity contribution in [1.82, 2.24) is 14.8 Å². The van der Waals surface area contributed by atoms with Gasteiger partial charge in [0.05, 0.1) is 21.0 Å². The van der Waals surface area contributed by atoms with Crippen molar-refractivity contribution in [1.29, 1.82) is 0 Å². The summed E-state index contributed by atoms with van der Waals surface area (Å²) in [5.74, 6) is -0.194. The summed E-state index contributed by atoms with van der Waals surface area (Å²) < 4.78 is 1.87. The summed E-state index contributed by atoms with van der Waals surface area (Å²) in [5.41, 5.74) is 0.426. The lowest BCUT2D eigenvalue weighted by atomic mass is 10.3. The number of nitrogens with one attached hydrogen (secondary N) is 1. The van der Waals surface area contributed by atoms with Crippen LogP contribution in [-0.2, 0) is 11.3 Å². The third kappa shape index (κ3) is 3.90. The molecule has 0 saturated carbocycles. The molecule has 0 fully saturated rings. The van der Waals surface area contributed by atoms with Crippen LogP contribution in [0.4, 0.5) is 5.69 Å². The van der Waals surface area contributed by atoms with Crippen LogP contribution < -0.4 is 5.32 Å². The maximum atomic E-state index is 12.2. The van der Waals surface area contributed by atoms with E-state index in [9.17, 15) is 4.79 Å². The van der Waals surface area contributed by atoms with Crippen LogP contribution in [0.3, 0.4) is 0 Å². The first-order valence-electron chi connectivity index (χ1n) is 6.32. The molecule has 1 heterocycles. The molecule has 8 heteroatoms. The van der Waals surface area contributed by atoms with Gasteiger partial charge in [0, 0.05) is 6.54 Å². The van der Waals surface area contributed by atoms with Crippen LogP contribution in [0.1, 0.15) is 13.8 Å². The predicted octanol–water partition coefficient (Wildman–Crippen LogP) is 3.72. The number of aromatic nitrogens is 3. The molecule has 2 rings (SSSR count). The van der Waals surface area contributed by atoms with Crippen molar-refractivity contribution < 1.29 is 4.79 Å². The molecule has 0 saturated heterocycles. The smallest absolute Gasteiger partial charge is 0.237 e. The summed E-state index contributed by atoms with van der Waals surface area (Å²) in [4.78, 5) is 12.2. The minimum absolute atomic E-state index is 0.194. The summed E-state index contributed by atoms with van der Waals surface area (Å²) in [5, 5.41) is 11.7. The Balaban J connectivity index is 2.06. The van der Waals surface area contributed by atoms with Crippen molar-refractivity contribution in [2.24, 2.45) is 0 Å². The number of benzene rings is 1. The average molecular weight is 345 g/mol. The number of para-hydroxylation sites is 1. The first-order chi connectivity index (χ1) is 10.0. The molecule has 0 aliphatic heterocycles. The molecule has 0 spiro atoms. The van der Waals surface area contributed by atoms with Gasteiger partial charge in [0.2, 0.25) is 5.91 Å². The Morgan fingerprint density at radius 1 is 1.43 bits per heavy atom. The second-order valence-corrected chi connectivity index (χ2v) is 6.37. The molecule has 112 valence electrons. The number of hydrogen-bond acceptors (Lipinski definition) is 4. The number of hydrogen-bond donors (Lipinski definition) is 1. The van der Waals surface area contributed by atoms with E-state index in [1.807, 2.05) is 11.5 Å². The second kappa shape index (κ2) is 7.15. The molecular formula is C13H14Cl2N4OS. The number of carbonyl (C=O) groups excluding carboxylic acids is 1. The summed E-state index contributed by atoms with van der Waals surface area (Å²) in [7, 11) is 0. The molecular weight excluding hydrogens is 331 g/mol. The van der Waals surface area contributed by atoms with E-state index < -0.39 is 0 Å². The monoisotopic (exact) mass is 344 g/mol. The van der Waals surface area contributed by atoms with E-state index in [-0.39, 0.29) is 11.2 Å². The Kier molecular flexibility index (Phi) is 5.50. The van der Waals surface area contributed by atoms with Crippen molar-refractivity contribution in [2.45, 2.75) is 30.8 Å². The second-order valence-electron chi connectivity index (χ2n) is 4.25. The minimum Gasteiger partial charge on any atom is -0.323 e. The zero-order chi connectivity index (χ0) is 15.4. The zero-order valence-electron chi connectivity index (χ0n) is 11.5. The Morgan fingerprint density at radius 3 is 2.71 bits per heavy atom. The van der Waals surface area contributed by atoms with Gasteiger partial charge < -0.3 is 9.88 Å². The van der Waals surface area contributed by atoms with Gasteiger partial charge in [-0.3, -0.25) is 4.79 Å². The van der Waals surface area contributed by atoms with Crippen LogP contribution in [0.2, 0.25) is 10.0 Å². The lowest BCUT2D eigenvalue weighted by Crippen LogP contribution is -2.23. The lowest BCUT2D eigenvalue weighted by Gasteiger charge is -2.13. The molecule has 0 unspecified atom stereocenters. The van der Waals surface area contributed by atoms with Crippen molar-refractivity contribution in [3.8, 4) is 0 Å². The number of thioether (sulfide) groups is 1. The quantitative estimate of drug-likeness (QED) is 0.839. The van der Waals surface area contributed by atoms with Gasteiger partial charge >= 0.3 is 0 Å². The fourth-order valence-electron chi connectivity index (χ4n) is 1.61. The first-order valence-corrected chi connectivity index (χ1v) is 7.95. The van der Waals surface area contributed by atoms with Gasteiger partial charge in [-0.2, -0.15) is 0 Å². The molecule has 5 nitrogen and oxygen atoms in total. The number of nitrogens with zero attached hydrogens (tertiary/aromatic N) is 3. The normalized spacial score (nSPS) is 12.2. The number of carbonyl (C=O) groups is 1. The number of amides is 1. The van der Waals surface area contributed by atoms with Gasteiger partial charge in [0.25, 0.3) is 0 Å². The first kappa shape index (κ1) is 16.1. The van der Waals surface area contributed by atoms with Crippen molar-refractivity contribution in [3.63, 3.8) is 0 Å². The fraction of sp³-hybridized carbons (Fsp3) is 0.308. The predicted molar refractivity (Wildman–Crippen MR) is 86.1 cm³/mol. The highest BCUT2D eigenvalue weighted by molar-refractivity contribution is 8.00. The summed E-state index contributed by atoms with van der Waals surface area (Å²) >= 11 is 13.4. The molecule has 0 radical (unpaired) electrons. The minimum atomic E-state index is -0.355. The van der Waals surface area contributed by atoms with Crippen molar-refractivity contribution in [2.75, 3.05) is 5.32 Å². The van der Waals surface area contributed by atoms with Crippen molar-refractivity contribution >= 4 is 46.6 Å².